The summed E-state index contributed by atoms with van der Waals surface area (Å²) in [6.07, 6.45) is 0. The van der Waals surface area contributed by atoms with Gasteiger partial charge in [0.05, 0.1) is 12.0 Å². The molecule has 1 rings (SSSR count). The number of carbonyl (C=O) groups is 1. The van der Waals surface area contributed by atoms with Crippen molar-refractivity contribution in [3.05, 3.63) is 43.8 Å². The third kappa shape index (κ3) is 2.50. The Morgan fingerprint density at radius 3 is 2.71 bits per heavy atom. The van der Waals surface area contributed by atoms with Crippen LogP contribution in [0.25, 0.3) is 10.4 Å². The van der Waals surface area contributed by atoms with Crippen molar-refractivity contribution in [2.24, 2.45) is 5.11 Å². The molecule has 88 valence electrons. The summed E-state index contributed by atoms with van der Waals surface area (Å²) in [7, 11) is 1.11. The first-order valence-corrected chi connectivity index (χ1v) is 4.43. The molecule has 0 heterocycles. The van der Waals surface area contributed by atoms with Gasteiger partial charge in [-0.3, -0.25) is 10.1 Å². The fourth-order valence-corrected chi connectivity index (χ4v) is 1.38. The first kappa shape index (κ1) is 12.5. The number of azide groups is 1. The van der Waals surface area contributed by atoms with Crippen LogP contribution in [0, 0.1) is 17.0 Å². The standard InChI is InChI=1S/C9H8N4O4/c1-5-3-6(11-12-10)4-7(9(14)17-2)8(5)13(15)16/h3-4H,1-2H3. The van der Waals surface area contributed by atoms with Crippen molar-refractivity contribution >= 4 is 17.3 Å². The minimum Gasteiger partial charge on any atom is -0.465 e. The lowest BCUT2D eigenvalue weighted by Crippen LogP contribution is -2.06. The van der Waals surface area contributed by atoms with Crippen molar-refractivity contribution in [1.82, 2.24) is 0 Å². The summed E-state index contributed by atoms with van der Waals surface area (Å²) in [6, 6.07) is 2.45. The van der Waals surface area contributed by atoms with Gasteiger partial charge in [-0.1, -0.05) is 5.11 Å². The fraction of sp³-hybridized carbons (Fsp3) is 0.222. The van der Waals surface area contributed by atoms with Gasteiger partial charge in [0.25, 0.3) is 5.69 Å². The number of nitro benzene ring substituents is 1. The molecule has 8 nitrogen and oxygen atoms in total. The first-order chi connectivity index (χ1) is 8.01. The summed E-state index contributed by atoms with van der Waals surface area (Å²) in [6.45, 7) is 1.45. The van der Waals surface area contributed by atoms with Gasteiger partial charge in [0.1, 0.15) is 5.56 Å². The molecule has 0 aromatic heterocycles. The van der Waals surface area contributed by atoms with Crippen molar-refractivity contribution in [3.8, 4) is 0 Å². The molecule has 0 saturated heterocycles. The Morgan fingerprint density at radius 2 is 2.24 bits per heavy atom. The molecule has 0 aliphatic rings. The van der Waals surface area contributed by atoms with Gasteiger partial charge in [-0.15, -0.1) is 0 Å². The van der Waals surface area contributed by atoms with Crippen LogP contribution in [0.3, 0.4) is 0 Å². The highest BCUT2D eigenvalue weighted by Crippen LogP contribution is 2.29. The molecule has 0 aliphatic heterocycles. The number of nitro groups is 1. The zero-order chi connectivity index (χ0) is 13.0. The number of rotatable bonds is 3. The van der Waals surface area contributed by atoms with Gasteiger partial charge < -0.3 is 4.74 Å². The summed E-state index contributed by atoms with van der Waals surface area (Å²) in [5, 5.41) is 14.1. The molecule has 0 saturated carbocycles. The van der Waals surface area contributed by atoms with Gasteiger partial charge in [-0.25, -0.2) is 4.79 Å². The van der Waals surface area contributed by atoms with Gasteiger partial charge in [0.2, 0.25) is 0 Å². The molecule has 17 heavy (non-hydrogen) atoms. The van der Waals surface area contributed by atoms with E-state index in [4.69, 9.17) is 5.53 Å². The Balaban J connectivity index is 3.55. The van der Waals surface area contributed by atoms with Crippen LogP contribution in [-0.4, -0.2) is 18.0 Å². The molecule has 0 spiro atoms. The smallest absolute Gasteiger partial charge is 0.344 e. The summed E-state index contributed by atoms with van der Waals surface area (Å²) in [5.41, 5.74) is 8.04. The van der Waals surface area contributed by atoms with Crippen LogP contribution in [0.1, 0.15) is 15.9 Å². The van der Waals surface area contributed by atoms with Crippen LogP contribution in [0.15, 0.2) is 17.2 Å². The van der Waals surface area contributed by atoms with Gasteiger partial charge in [0.15, 0.2) is 0 Å². The maximum Gasteiger partial charge on any atom is 0.344 e. The first-order valence-electron chi connectivity index (χ1n) is 4.43. The predicted molar refractivity (Wildman–Crippen MR) is 58.0 cm³/mol. The topological polar surface area (TPSA) is 118 Å². The van der Waals surface area contributed by atoms with Crippen LogP contribution in [-0.2, 0) is 4.74 Å². The lowest BCUT2D eigenvalue weighted by atomic mass is 10.1. The van der Waals surface area contributed by atoms with Crippen molar-refractivity contribution in [2.45, 2.75) is 6.92 Å². The number of hydrogen-bond acceptors (Lipinski definition) is 5. The predicted octanol–water partition coefficient (Wildman–Crippen LogP) is 2.63. The maximum atomic E-state index is 11.4. The Bertz CT molecular complexity index is 534. The van der Waals surface area contributed by atoms with Crippen molar-refractivity contribution in [1.29, 1.82) is 0 Å². The lowest BCUT2D eigenvalue weighted by Gasteiger charge is -2.04. The summed E-state index contributed by atoms with van der Waals surface area (Å²) in [4.78, 5) is 24.1. The maximum absolute atomic E-state index is 11.4. The molecular weight excluding hydrogens is 228 g/mol. The fourth-order valence-electron chi connectivity index (χ4n) is 1.38. The van der Waals surface area contributed by atoms with E-state index in [0.717, 1.165) is 13.2 Å². The second kappa shape index (κ2) is 4.95. The van der Waals surface area contributed by atoms with Crippen molar-refractivity contribution < 1.29 is 14.5 Å². The van der Waals surface area contributed by atoms with Gasteiger partial charge >= 0.3 is 5.97 Å². The molecule has 0 amide bonds. The van der Waals surface area contributed by atoms with E-state index in [2.05, 4.69) is 14.8 Å². The zero-order valence-corrected chi connectivity index (χ0v) is 9.08. The van der Waals surface area contributed by atoms with Crippen LogP contribution in [0.2, 0.25) is 0 Å². The number of nitrogens with zero attached hydrogens (tertiary/aromatic N) is 4. The van der Waals surface area contributed by atoms with E-state index >= 15 is 0 Å². The minimum atomic E-state index is -0.852. The van der Waals surface area contributed by atoms with E-state index in [1.165, 1.54) is 13.0 Å². The van der Waals surface area contributed by atoms with Gasteiger partial charge in [-0.05, 0) is 24.6 Å². The van der Waals surface area contributed by atoms with Gasteiger partial charge in [0, 0.05) is 16.2 Å². The number of ether oxygens (including phenoxy) is 1. The SMILES string of the molecule is COC(=O)c1cc(N=[N+]=[N-])cc(C)c1[N+](=O)[O-]. The third-order valence-electron chi connectivity index (χ3n) is 2.03. The highest BCUT2D eigenvalue weighted by Gasteiger charge is 2.24. The van der Waals surface area contributed by atoms with Crippen molar-refractivity contribution in [2.75, 3.05) is 7.11 Å². The van der Waals surface area contributed by atoms with Crippen LogP contribution in [0.5, 0.6) is 0 Å². The third-order valence-corrected chi connectivity index (χ3v) is 2.03. The monoisotopic (exact) mass is 236 g/mol. The van der Waals surface area contributed by atoms with E-state index in [1.54, 1.807) is 0 Å². The minimum absolute atomic E-state index is 0.121. The highest BCUT2D eigenvalue weighted by molar-refractivity contribution is 5.95. The molecular formula is C9H8N4O4. The second-order valence-corrected chi connectivity index (χ2v) is 3.10. The number of carbonyl (C=O) groups excluding carboxylic acids is 1. The molecule has 0 atom stereocenters. The molecule has 0 aliphatic carbocycles. The van der Waals surface area contributed by atoms with E-state index in [1.807, 2.05) is 0 Å². The normalized spacial score (nSPS) is 9.29. The van der Waals surface area contributed by atoms with E-state index in [9.17, 15) is 14.9 Å². The molecule has 0 N–H and O–H groups in total. The highest BCUT2D eigenvalue weighted by atomic mass is 16.6. The Kier molecular flexibility index (Phi) is 3.63. The van der Waals surface area contributed by atoms with Crippen LogP contribution in [0.4, 0.5) is 11.4 Å². The van der Waals surface area contributed by atoms with E-state index in [-0.39, 0.29) is 22.5 Å². The molecule has 0 fully saturated rings. The number of benzene rings is 1. The van der Waals surface area contributed by atoms with E-state index < -0.39 is 10.9 Å². The average molecular weight is 236 g/mol. The molecule has 8 heteroatoms. The summed E-state index contributed by atoms with van der Waals surface area (Å²) in [5.74, 6) is -0.852. The Morgan fingerprint density at radius 1 is 1.59 bits per heavy atom. The molecule has 0 unspecified atom stereocenters. The number of aryl methyl sites for hydroxylation is 1. The lowest BCUT2D eigenvalue weighted by molar-refractivity contribution is -0.385. The quantitative estimate of drug-likeness (QED) is 0.200. The molecule has 1 aromatic carbocycles. The van der Waals surface area contributed by atoms with Crippen LogP contribution >= 0.6 is 0 Å². The largest absolute Gasteiger partial charge is 0.465 e. The van der Waals surface area contributed by atoms with E-state index in [0.29, 0.717) is 0 Å². The molecule has 0 bridgehead atoms. The number of methoxy groups -OCH3 is 1. The second-order valence-electron chi connectivity index (χ2n) is 3.10. The van der Waals surface area contributed by atoms with Gasteiger partial charge in [-0.2, -0.15) is 0 Å². The summed E-state index contributed by atoms with van der Waals surface area (Å²) < 4.78 is 4.44. The summed E-state index contributed by atoms with van der Waals surface area (Å²) >= 11 is 0. The Labute approximate surface area is 95.6 Å². The number of hydrogen-bond donors (Lipinski definition) is 0. The molecule has 0 radical (unpaired) electrons. The van der Waals surface area contributed by atoms with Crippen molar-refractivity contribution in [3.63, 3.8) is 0 Å². The number of esters is 1. The Hall–Kier alpha value is -2.60. The zero-order valence-electron chi connectivity index (χ0n) is 9.08. The average Bonchev–Trinajstić information content (AvgIpc) is 2.27. The molecule has 1 aromatic rings. The van der Waals surface area contributed by atoms with Crippen LogP contribution < -0.4 is 0 Å².